The van der Waals surface area contributed by atoms with Crippen molar-refractivity contribution in [1.29, 1.82) is 0 Å². The number of aromatic amines is 1. The van der Waals surface area contributed by atoms with Crippen LogP contribution in [0.4, 0.5) is 0 Å². The van der Waals surface area contributed by atoms with Crippen LogP contribution in [0.2, 0.25) is 0 Å². The van der Waals surface area contributed by atoms with Crippen LogP contribution in [0.5, 0.6) is 0 Å². The Balaban J connectivity index is 2.95. The maximum Gasteiger partial charge on any atom is 0.337 e. The van der Waals surface area contributed by atoms with E-state index in [1.165, 1.54) is 23.8 Å². The summed E-state index contributed by atoms with van der Waals surface area (Å²) in [4.78, 5) is 37.8. The van der Waals surface area contributed by atoms with Gasteiger partial charge in [0.2, 0.25) is 0 Å². The molecule has 1 aromatic carbocycles. The summed E-state index contributed by atoms with van der Waals surface area (Å²) < 4.78 is 6.30. The second-order valence-corrected chi connectivity index (χ2v) is 4.65. The van der Waals surface area contributed by atoms with Gasteiger partial charge in [-0.15, -0.1) is 0 Å². The van der Waals surface area contributed by atoms with Crippen molar-refractivity contribution in [3.05, 3.63) is 44.5 Å². The van der Waals surface area contributed by atoms with Gasteiger partial charge in [-0.2, -0.15) is 0 Å². The second-order valence-electron chi connectivity index (χ2n) is 4.65. The fourth-order valence-electron chi connectivity index (χ4n) is 2.38. The van der Waals surface area contributed by atoms with Crippen LogP contribution in [0, 0.1) is 0 Å². The van der Waals surface area contributed by atoms with Crippen LogP contribution in [0.1, 0.15) is 29.7 Å². The van der Waals surface area contributed by atoms with Crippen molar-refractivity contribution in [1.82, 2.24) is 9.55 Å². The molecule has 0 saturated heterocycles. The highest BCUT2D eigenvalue weighted by Gasteiger charge is 2.20. The Morgan fingerprint density at radius 3 is 2.71 bits per heavy atom. The Kier molecular flexibility index (Phi) is 4.23. The van der Waals surface area contributed by atoms with Gasteiger partial charge >= 0.3 is 17.1 Å². The lowest BCUT2D eigenvalue weighted by molar-refractivity contribution is 0.0698. The number of benzene rings is 1. The van der Waals surface area contributed by atoms with Crippen LogP contribution in [0.15, 0.2) is 27.8 Å². The number of aromatic carboxylic acids is 1. The molecule has 0 aliphatic carbocycles. The summed E-state index contributed by atoms with van der Waals surface area (Å²) in [5, 5.41) is 9.31. The Labute approximate surface area is 119 Å². The fourth-order valence-corrected chi connectivity index (χ4v) is 2.38. The van der Waals surface area contributed by atoms with Crippen LogP contribution >= 0.6 is 0 Å². The normalized spacial score (nSPS) is 12.5. The molecule has 2 rings (SSSR count). The number of fused-ring (bicyclic) bond motifs is 1. The van der Waals surface area contributed by atoms with Crippen molar-refractivity contribution in [2.24, 2.45) is 0 Å². The number of carbonyl (C=O) groups is 1. The summed E-state index contributed by atoms with van der Waals surface area (Å²) >= 11 is 0. The Morgan fingerprint density at radius 1 is 1.43 bits per heavy atom. The summed E-state index contributed by atoms with van der Waals surface area (Å²) in [7, 11) is 1.49. The molecule has 0 bridgehead atoms. The van der Waals surface area contributed by atoms with Gasteiger partial charge in [-0.25, -0.2) is 4.79 Å². The zero-order valence-corrected chi connectivity index (χ0v) is 11.8. The van der Waals surface area contributed by atoms with Crippen molar-refractivity contribution in [2.45, 2.75) is 19.4 Å². The van der Waals surface area contributed by atoms with Gasteiger partial charge in [0, 0.05) is 7.11 Å². The summed E-state index contributed by atoms with van der Waals surface area (Å²) in [5.74, 6) is -1.16. The standard InChI is InChI=1S/C14H16N2O5/c1-3-8(7-21-2)16-11-9(14(19)20)5-4-6-10(11)15-12(17)13(16)18/h4-6,8H,3,7H2,1-2H3,(H,15,17)(H,19,20). The van der Waals surface area contributed by atoms with E-state index in [-0.39, 0.29) is 17.7 Å². The lowest BCUT2D eigenvalue weighted by Gasteiger charge is -2.20. The predicted molar refractivity (Wildman–Crippen MR) is 77.0 cm³/mol. The predicted octanol–water partition coefficient (Wildman–Crippen LogP) is 0.986. The van der Waals surface area contributed by atoms with E-state index < -0.39 is 23.1 Å². The van der Waals surface area contributed by atoms with Gasteiger partial charge in [-0.3, -0.25) is 14.2 Å². The zero-order chi connectivity index (χ0) is 15.6. The summed E-state index contributed by atoms with van der Waals surface area (Å²) in [6, 6.07) is 4.08. The molecule has 7 nitrogen and oxygen atoms in total. The smallest absolute Gasteiger partial charge is 0.337 e. The van der Waals surface area contributed by atoms with E-state index in [1.54, 1.807) is 6.07 Å². The second kappa shape index (κ2) is 5.92. The van der Waals surface area contributed by atoms with Gasteiger partial charge < -0.3 is 14.8 Å². The largest absolute Gasteiger partial charge is 0.478 e. The number of ether oxygens (including phenoxy) is 1. The maximum atomic E-state index is 12.2. The number of methoxy groups -OCH3 is 1. The highest BCUT2D eigenvalue weighted by molar-refractivity contribution is 6.00. The summed E-state index contributed by atoms with van der Waals surface area (Å²) in [6.07, 6.45) is 0.528. The maximum absolute atomic E-state index is 12.2. The van der Waals surface area contributed by atoms with E-state index in [9.17, 15) is 19.5 Å². The molecule has 1 aromatic heterocycles. The molecular formula is C14H16N2O5. The summed E-state index contributed by atoms with van der Waals surface area (Å²) in [6.45, 7) is 2.05. The van der Waals surface area contributed by atoms with E-state index >= 15 is 0 Å². The molecule has 2 N–H and O–H groups in total. The van der Waals surface area contributed by atoms with E-state index in [0.717, 1.165) is 0 Å². The molecule has 112 valence electrons. The van der Waals surface area contributed by atoms with E-state index in [2.05, 4.69) is 4.98 Å². The van der Waals surface area contributed by atoms with Crippen molar-refractivity contribution < 1.29 is 14.6 Å². The summed E-state index contributed by atoms with van der Waals surface area (Å²) in [5.41, 5.74) is -1.07. The zero-order valence-electron chi connectivity index (χ0n) is 11.8. The van der Waals surface area contributed by atoms with Crippen molar-refractivity contribution in [3.63, 3.8) is 0 Å². The number of rotatable bonds is 5. The molecule has 7 heteroatoms. The minimum absolute atomic E-state index is 0.0320. The highest BCUT2D eigenvalue weighted by atomic mass is 16.5. The third-order valence-corrected chi connectivity index (χ3v) is 3.36. The van der Waals surface area contributed by atoms with E-state index in [1.807, 2.05) is 6.92 Å². The van der Waals surface area contributed by atoms with Gasteiger partial charge in [0.25, 0.3) is 0 Å². The molecule has 0 radical (unpaired) electrons. The average Bonchev–Trinajstić information content (AvgIpc) is 2.46. The Morgan fingerprint density at radius 2 is 2.14 bits per heavy atom. The number of hydrogen-bond acceptors (Lipinski definition) is 4. The molecule has 0 fully saturated rings. The quantitative estimate of drug-likeness (QED) is 0.800. The van der Waals surface area contributed by atoms with Gasteiger partial charge in [-0.05, 0) is 18.6 Å². The number of nitrogens with one attached hydrogen (secondary N) is 1. The van der Waals surface area contributed by atoms with Crippen LogP contribution in [-0.4, -0.2) is 34.3 Å². The van der Waals surface area contributed by atoms with Gasteiger partial charge in [0.1, 0.15) is 0 Å². The number of carboxylic acids is 1. The molecule has 2 aromatic rings. The Hall–Kier alpha value is -2.41. The number of carboxylic acid groups (broad SMARTS) is 1. The molecular weight excluding hydrogens is 276 g/mol. The molecule has 1 unspecified atom stereocenters. The molecule has 0 amide bonds. The monoisotopic (exact) mass is 292 g/mol. The fraction of sp³-hybridized carbons (Fsp3) is 0.357. The lowest BCUT2D eigenvalue weighted by atomic mass is 10.1. The lowest BCUT2D eigenvalue weighted by Crippen LogP contribution is -2.39. The van der Waals surface area contributed by atoms with Gasteiger partial charge in [-0.1, -0.05) is 13.0 Å². The minimum atomic E-state index is -1.16. The molecule has 1 atom stereocenters. The number of aromatic nitrogens is 2. The first-order chi connectivity index (χ1) is 10.0. The first-order valence-electron chi connectivity index (χ1n) is 6.51. The van der Waals surface area contributed by atoms with Crippen molar-refractivity contribution in [3.8, 4) is 0 Å². The number of nitrogens with zero attached hydrogens (tertiary/aromatic N) is 1. The highest BCUT2D eigenvalue weighted by Crippen LogP contribution is 2.20. The van der Waals surface area contributed by atoms with Crippen LogP contribution in [-0.2, 0) is 4.74 Å². The van der Waals surface area contributed by atoms with E-state index in [4.69, 9.17) is 4.74 Å². The molecule has 0 spiro atoms. The van der Waals surface area contributed by atoms with E-state index in [0.29, 0.717) is 11.9 Å². The Bertz CT molecular complexity index is 790. The van der Waals surface area contributed by atoms with Gasteiger partial charge in [0.05, 0.1) is 29.2 Å². The SMILES string of the molecule is CCC(COC)n1c(=O)c(=O)[nH]c2cccc(C(=O)O)c21. The molecule has 0 saturated carbocycles. The molecule has 0 aliphatic rings. The third-order valence-electron chi connectivity index (χ3n) is 3.36. The van der Waals surface area contributed by atoms with Gasteiger partial charge in [0.15, 0.2) is 0 Å². The van der Waals surface area contributed by atoms with Crippen LogP contribution < -0.4 is 11.1 Å². The van der Waals surface area contributed by atoms with Crippen LogP contribution in [0.3, 0.4) is 0 Å². The molecule has 21 heavy (non-hydrogen) atoms. The number of para-hydroxylation sites is 1. The first kappa shape index (κ1) is 15.0. The first-order valence-corrected chi connectivity index (χ1v) is 6.51. The molecule has 0 aliphatic heterocycles. The number of hydrogen-bond donors (Lipinski definition) is 2. The average molecular weight is 292 g/mol. The minimum Gasteiger partial charge on any atom is -0.478 e. The van der Waals surface area contributed by atoms with Crippen molar-refractivity contribution in [2.75, 3.05) is 13.7 Å². The third kappa shape index (κ3) is 2.59. The molecule has 1 heterocycles. The topological polar surface area (TPSA) is 101 Å². The number of H-pyrrole nitrogens is 1. The van der Waals surface area contributed by atoms with Crippen molar-refractivity contribution >= 4 is 17.0 Å². The van der Waals surface area contributed by atoms with Crippen LogP contribution in [0.25, 0.3) is 11.0 Å².